The van der Waals surface area contributed by atoms with E-state index in [1.807, 2.05) is 0 Å². The molecule has 0 aliphatic rings. The Morgan fingerprint density at radius 3 is 2.26 bits per heavy atom. The second-order valence-electron chi connectivity index (χ2n) is 5.62. The van der Waals surface area contributed by atoms with Crippen LogP contribution in [0, 0.1) is 11.7 Å². The Labute approximate surface area is 134 Å². The van der Waals surface area contributed by atoms with E-state index in [2.05, 4.69) is 10.6 Å². The van der Waals surface area contributed by atoms with Crippen molar-refractivity contribution in [3.05, 3.63) is 35.6 Å². The quantitative estimate of drug-likeness (QED) is 0.700. The van der Waals surface area contributed by atoms with Gasteiger partial charge in [-0.3, -0.25) is 9.59 Å². The first-order valence-corrected chi connectivity index (χ1v) is 7.26. The molecule has 0 bridgehead atoms. The van der Waals surface area contributed by atoms with E-state index in [0.29, 0.717) is 0 Å². The summed E-state index contributed by atoms with van der Waals surface area (Å²) in [7, 11) is 0. The summed E-state index contributed by atoms with van der Waals surface area (Å²) in [4.78, 5) is 34.8. The number of rotatable bonds is 7. The van der Waals surface area contributed by atoms with Crippen LogP contribution in [-0.2, 0) is 20.8 Å². The van der Waals surface area contributed by atoms with Crippen molar-refractivity contribution in [2.24, 2.45) is 5.92 Å². The van der Waals surface area contributed by atoms with Crippen molar-refractivity contribution < 1.29 is 23.9 Å². The lowest BCUT2D eigenvalue weighted by molar-refractivity contribution is -0.143. The van der Waals surface area contributed by atoms with Gasteiger partial charge in [0, 0.05) is 13.3 Å². The van der Waals surface area contributed by atoms with Gasteiger partial charge in [-0.25, -0.2) is 9.18 Å². The molecule has 126 valence electrons. The normalized spacial score (nSPS) is 13.3. The maximum atomic E-state index is 13.7. The Bertz CT molecular complexity index is 589. The lowest BCUT2D eigenvalue weighted by Gasteiger charge is -2.23. The van der Waals surface area contributed by atoms with Crippen LogP contribution < -0.4 is 10.6 Å². The van der Waals surface area contributed by atoms with E-state index >= 15 is 0 Å². The molecular weight excluding hydrogens is 303 g/mol. The molecule has 0 saturated heterocycles. The minimum atomic E-state index is -1.17. The zero-order valence-corrected chi connectivity index (χ0v) is 13.3. The summed E-state index contributed by atoms with van der Waals surface area (Å²) in [5.41, 5.74) is 0.262. The first-order chi connectivity index (χ1) is 10.7. The molecule has 6 nitrogen and oxygen atoms in total. The van der Waals surface area contributed by atoms with E-state index < -0.39 is 35.7 Å². The van der Waals surface area contributed by atoms with Crippen LogP contribution in [0.4, 0.5) is 4.39 Å². The number of nitrogens with one attached hydrogen (secondary N) is 2. The number of carboxylic acids is 1. The Kier molecular flexibility index (Phi) is 6.68. The minimum Gasteiger partial charge on any atom is -0.480 e. The van der Waals surface area contributed by atoms with E-state index in [9.17, 15) is 18.8 Å². The van der Waals surface area contributed by atoms with Gasteiger partial charge < -0.3 is 15.7 Å². The SMILES string of the molecule is CC(=O)N[C@H](Cc1ccccc1F)C(=O)N[C@@H](C(=O)O)C(C)C. The molecule has 0 fully saturated rings. The van der Waals surface area contributed by atoms with Gasteiger partial charge >= 0.3 is 5.97 Å². The predicted octanol–water partition coefficient (Wildman–Crippen LogP) is 1.10. The van der Waals surface area contributed by atoms with Crippen LogP contribution in [0.2, 0.25) is 0 Å². The lowest BCUT2D eigenvalue weighted by Crippen LogP contribution is -2.53. The van der Waals surface area contributed by atoms with Gasteiger partial charge in [-0.1, -0.05) is 32.0 Å². The standard InChI is InChI=1S/C16H21FN2O4/c1-9(2)14(16(22)23)19-15(21)13(18-10(3)20)8-11-6-4-5-7-12(11)17/h4-7,9,13-14H,8H2,1-3H3,(H,18,20)(H,19,21)(H,22,23)/t13-,14-/m1/s1. The second kappa shape index (κ2) is 8.26. The molecule has 0 aliphatic carbocycles. The molecule has 23 heavy (non-hydrogen) atoms. The van der Waals surface area contributed by atoms with Gasteiger partial charge in [-0.2, -0.15) is 0 Å². The van der Waals surface area contributed by atoms with Crippen LogP contribution >= 0.6 is 0 Å². The van der Waals surface area contributed by atoms with E-state index in [1.165, 1.54) is 25.1 Å². The van der Waals surface area contributed by atoms with Gasteiger partial charge in [-0.15, -0.1) is 0 Å². The largest absolute Gasteiger partial charge is 0.480 e. The van der Waals surface area contributed by atoms with Crippen molar-refractivity contribution >= 4 is 17.8 Å². The smallest absolute Gasteiger partial charge is 0.326 e. The summed E-state index contributed by atoms with van der Waals surface area (Å²) in [5.74, 6) is -3.11. The highest BCUT2D eigenvalue weighted by Crippen LogP contribution is 2.10. The van der Waals surface area contributed by atoms with Crippen molar-refractivity contribution in [3.8, 4) is 0 Å². The highest BCUT2D eigenvalue weighted by atomic mass is 19.1. The molecule has 0 aromatic heterocycles. The number of aliphatic carboxylic acids is 1. The number of carboxylic acid groups (broad SMARTS) is 1. The zero-order chi connectivity index (χ0) is 17.6. The van der Waals surface area contributed by atoms with Crippen LogP contribution in [0.1, 0.15) is 26.3 Å². The van der Waals surface area contributed by atoms with Crippen molar-refractivity contribution in [1.82, 2.24) is 10.6 Å². The third-order valence-corrected chi connectivity index (χ3v) is 3.31. The monoisotopic (exact) mass is 324 g/mol. The van der Waals surface area contributed by atoms with Crippen molar-refractivity contribution in [3.63, 3.8) is 0 Å². The molecule has 3 N–H and O–H groups in total. The number of hydrogen-bond acceptors (Lipinski definition) is 3. The summed E-state index contributed by atoms with van der Waals surface area (Å²) in [5, 5.41) is 13.9. The molecule has 0 radical (unpaired) electrons. The molecule has 1 aromatic carbocycles. The fourth-order valence-electron chi connectivity index (χ4n) is 2.11. The minimum absolute atomic E-state index is 0.0669. The molecule has 7 heteroatoms. The van der Waals surface area contributed by atoms with E-state index in [-0.39, 0.29) is 17.9 Å². The molecule has 2 amide bonds. The topological polar surface area (TPSA) is 95.5 Å². The van der Waals surface area contributed by atoms with Crippen molar-refractivity contribution in [2.75, 3.05) is 0 Å². The van der Waals surface area contributed by atoms with Gasteiger partial charge in [-0.05, 0) is 17.5 Å². The molecular formula is C16H21FN2O4. The first kappa shape index (κ1) is 18.6. The molecule has 2 atom stereocenters. The van der Waals surface area contributed by atoms with Crippen LogP contribution in [0.5, 0.6) is 0 Å². The number of benzene rings is 1. The number of carbonyl (C=O) groups excluding carboxylic acids is 2. The average molecular weight is 324 g/mol. The van der Waals surface area contributed by atoms with Crippen LogP contribution in [-0.4, -0.2) is 35.0 Å². The predicted molar refractivity (Wildman–Crippen MR) is 82.1 cm³/mol. The van der Waals surface area contributed by atoms with Gasteiger partial charge in [0.1, 0.15) is 17.9 Å². The van der Waals surface area contributed by atoms with Crippen LogP contribution in [0.15, 0.2) is 24.3 Å². The molecule has 0 spiro atoms. The average Bonchev–Trinajstić information content (AvgIpc) is 2.44. The number of halogens is 1. The molecule has 1 aromatic rings. The first-order valence-electron chi connectivity index (χ1n) is 7.26. The third kappa shape index (κ3) is 5.69. The van der Waals surface area contributed by atoms with Gasteiger partial charge in [0.05, 0.1) is 0 Å². The van der Waals surface area contributed by atoms with E-state index in [0.717, 1.165) is 0 Å². The summed E-state index contributed by atoms with van der Waals surface area (Å²) in [6.07, 6.45) is -0.0669. The number of hydrogen-bond donors (Lipinski definition) is 3. The molecule has 0 unspecified atom stereocenters. The maximum Gasteiger partial charge on any atom is 0.326 e. The Morgan fingerprint density at radius 2 is 1.78 bits per heavy atom. The van der Waals surface area contributed by atoms with E-state index in [1.54, 1.807) is 19.9 Å². The zero-order valence-electron chi connectivity index (χ0n) is 13.3. The van der Waals surface area contributed by atoms with Crippen molar-refractivity contribution in [1.29, 1.82) is 0 Å². The summed E-state index contributed by atoms with van der Waals surface area (Å²) in [6, 6.07) is 3.77. The number of carbonyl (C=O) groups is 3. The fourth-order valence-corrected chi connectivity index (χ4v) is 2.11. The van der Waals surface area contributed by atoms with Gasteiger partial charge in [0.15, 0.2) is 0 Å². The van der Waals surface area contributed by atoms with Gasteiger partial charge in [0.25, 0.3) is 0 Å². The van der Waals surface area contributed by atoms with E-state index in [4.69, 9.17) is 5.11 Å². The highest BCUT2D eigenvalue weighted by molar-refractivity contribution is 5.90. The lowest BCUT2D eigenvalue weighted by atomic mass is 10.0. The molecule has 1 rings (SSSR count). The molecule has 0 saturated carbocycles. The van der Waals surface area contributed by atoms with Crippen molar-refractivity contribution in [2.45, 2.75) is 39.3 Å². The highest BCUT2D eigenvalue weighted by Gasteiger charge is 2.28. The van der Waals surface area contributed by atoms with Crippen LogP contribution in [0.25, 0.3) is 0 Å². The summed E-state index contributed by atoms with van der Waals surface area (Å²) >= 11 is 0. The second-order valence-corrected chi connectivity index (χ2v) is 5.62. The van der Waals surface area contributed by atoms with Crippen LogP contribution in [0.3, 0.4) is 0 Å². The third-order valence-electron chi connectivity index (χ3n) is 3.31. The Balaban J connectivity index is 2.92. The maximum absolute atomic E-state index is 13.7. The Hall–Kier alpha value is -2.44. The molecule has 0 heterocycles. The summed E-state index contributed by atoms with van der Waals surface area (Å²) in [6.45, 7) is 4.55. The molecule has 0 aliphatic heterocycles. The summed E-state index contributed by atoms with van der Waals surface area (Å²) < 4.78 is 13.7. The Morgan fingerprint density at radius 1 is 1.17 bits per heavy atom. The number of amides is 2. The van der Waals surface area contributed by atoms with Gasteiger partial charge in [0.2, 0.25) is 11.8 Å². The fraction of sp³-hybridized carbons (Fsp3) is 0.438.